The predicted molar refractivity (Wildman–Crippen MR) is 73.5 cm³/mol. The standard InChI is InChI=1S/C11H14N6OS/c1-6(2)9-13-4-7(12-3)8(15-9)10(18)16-11-17-14-5-19-11/h4-6,12H,1-3H3,(H,16,17,18). The summed E-state index contributed by atoms with van der Waals surface area (Å²) >= 11 is 1.25. The SMILES string of the molecule is CNc1cnc(C(C)C)nc1C(=O)Nc1nncs1. The fraction of sp³-hybridized carbons (Fsp3) is 0.364. The van der Waals surface area contributed by atoms with E-state index in [1.165, 1.54) is 11.3 Å². The van der Waals surface area contributed by atoms with Crippen LogP contribution in [0.3, 0.4) is 0 Å². The number of hydrogen-bond acceptors (Lipinski definition) is 7. The third kappa shape index (κ3) is 3.02. The van der Waals surface area contributed by atoms with Crippen molar-refractivity contribution in [3.05, 3.63) is 23.2 Å². The molecule has 0 bridgehead atoms. The molecular weight excluding hydrogens is 264 g/mol. The molecule has 2 N–H and O–H groups in total. The van der Waals surface area contributed by atoms with Crippen LogP contribution in [0.15, 0.2) is 11.7 Å². The van der Waals surface area contributed by atoms with Crippen LogP contribution in [0.25, 0.3) is 0 Å². The Bertz CT molecular complexity index is 569. The van der Waals surface area contributed by atoms with Gasteiger partial charge in [0, 0.05) is 13.0 Å². The predicted octanol–water partition coefficient (Wildman–Crippen LogP) is 1.75. The van der Waals surface area contributed by atoms with E-state index in [4.69, 9.17) is 0 Å². The van der Waals surface area contributed by atoms with Crippen LogP contribution in [0.5, 0.6) is 0 Å². The summed E-state index contributed by atoms with van der Waals surface area (Å²) in [6.45, 7) is 3.95. The zero-order valence-corrected chi connectivity index (χ0v) is 11.7. The summed E-state index contributed by atoms with van der Waals surface area (Å²) in [5.41, 5.74) is 2.43. The Balaban J connectivity index is 2.30. The Morgan fingerprint density at radius 2 is 2.21 bits per heavy atom. The van der Waals surface area contributed by atoms with Crippen LogP contribution in [0, 0.1) is 0 Å². The molecule has 0 saturated carbocycles. The van der Waals surface area contributed by atoms with E-state index in [1.54, 1.807) is 18.8 Å². The first-order valence-corrected chi connectivity index (χ1v) is 6.62. The van der Waals surface area contributed by atoms with Gasteiger partial charge >= 0.3 is 0 Å². The van der Waals surface area contributed by atoms with Crippen molar-refractivity contribution in [2.45, 2.75) is 19.8 Å². The van der Waals surface area contributed by atoms with Crippen LogP contribution >= 0.6 is 11.3 Å². The second kappa shape index (κ2) is 5.70. The second-order valence-corrected chi connectivity index (χ2v) is 4.93. The number of amides is 1. The Morgan fingerprint density at radius 3 is 2.79 bits per heavy atom. The lowest BCUT2D eigenvalue weighted by atomic mass is 10.2. The zero-order valence-electron chi connectivity index (χ0n) is 10.8. The van der Waals surface area contributed by atoms with Crippen molar-refractivity contribution < 1.29 is 4.79 Å². The highest BCUT2D eigenvalue weighted by atomic mass is 32.1. The van der Waals surface area contributed by atoms with Crippen molar-refractivity contribution in [1.82, 2.24) is 20.2 Å². The molecule has 2 heterocycles. The van der Waals surface area contributed by atoms with Gasteiger partial charge in [-0.05, 0) is 0 Å². The molecule has 19 heavy (non-hydrogen) atoms. The quantitative estimate of drug-likeness (QED) is 0.885. The molecule has 8 heteroatoms. The molecule has 0 saturated heterocycles. The lowest BCUT2D eigenvalue weighted by Gasteiger charge is -2.10. The first kappa shape index (κ1) is 13.3. The number of hydrogen-bond donors (Lipinski definition) is 2. The topological polar surface area (TPSA) is 92.7 Å². The number of nitrogens with one attached hydrogen (secondary N) is 2. The summed E-state index contributed by atoms with van der Waals surface area (Å²) in [6.07, 6.45) is 1.61. The van der Waals surface area contributed by atoms with E-state index in [0.29, 0.717) is 22.3 Å². The first-order valence-electron chi connectivity index (χ1n) is 5.74. The molecule has 0 spiro atoms. The van der Waals surface area contributed by atoms with Crippen LogP contribution in [-0.4, -0.2) is 33.1 Å². The van der Waals surface area contributed by atoms with Crippen molar-refractivity contribution in [3.63, 3.8) is 0 Å². The number of carbonyl (C=O) groups is 1. The number of carbonyl (C=O) groups excluding carboxylic acids is 1. The molecule has 0 fully saturated rings. The minimum absolute atomic E-state index is 0.152. The molecular formula is C11H14N6OS. The number of anilines is 2. The van der Waals surface area contributed by atoms with Crippen molar-refractivity contribution >= 4 is 28.1 Å². The van der Waals surface area contributed by atoms with Gasteiger partial charge in [0.2, 0.25) is 5.13 Å². The van der Waals surface area contributed by atoms with Gasteiger partial charge in [0.1, 0.15) is 11.3 Å². The summed E-state index contributed by atoms with van der Waals surface area (Å²) in [5.74, 6) is 0.450. The highest BCUT2D eigenvalue weighted by molar-refractivity contribution is 7.13. The largest absolute Gasteiger partial charge is 0.385 e. The first-order chi connectivity index (χ1) is 9.11. The normalized spacial score (nSPS) is 10.5. The van der Waals surface area contributed by atoms with E-state index in [9.17, 15) is 4.79 Å². The molecule has 0 unspecified atom stereocenters. The number of aromatic nitrogens is 4. The van der Waals surface area contributed by atoms with Gasteiger partial charge in [0.25, 0.3) is 5.91 Å². The highest BCUT2D eigenvalue weighted by Gasteiger charge is 2.17. The molecule has 1 amide bonds. The third-order valence-electron chi connectivity index (χ3n) is 2.39. The molecule has 0 aliphatic heterocycles. The van der Waals surface area contributed by atoms with E-state index >= 15 is 0 Å². The monoisotopic (exact) mass is 278 g/mol. The van der Waals surface area contributed by atoms with Gasteiger partial charge in [-0.25, -0.2) is 9.97 Å². The fourth-order valence-corrected chi connectivity index (χ4v) is 1.85. The molecule has 2 aromatic rings. The van der Waals surface area contributed by atoms with Crippen LogP contribution in [0.4, 0.5) is 10.8 Å². The molecule has 0 aliphatic rings. The van der Waals surface area contributed by atoms with Gasteiger partial charge in [-0.3, -0.25) is 10.1 Å². The Kier molecular flexibility index (Phi) is 4.00. The molecule has 2 rings (SSSR count). The van der Waals surface area contributed by atoms with Crippen LogP contribution in [0.1, 0.15) is 36.1 Å². The smallest absolute Gasteiger partial charge is 0.278 e. The molecule has 0 radical (unpaired) electrons. The van der Waals surface area contributed by atoms with Crippen LogP contribution in [-0.2, 0) is 0 Å². The maximum absolute atomic E-state index is 12.2. The van der Waals surface area contributed by atoms with Gasteiger partial charge in [0.05, 0.1) is 11.9 Å². The molecule has 0 atom stereocenters. The molecule has 100 valence electrons. The molecule has 7 nitrogen and oxygen atoms in total. The van der Waals surface area contributed by atoms with Crippen LogP contribution in [0.2, 0.25) is 0 Å². The lowest BCUT2D eigenvalue weighted by molar-refractivity contribution is 0.102. The van der Waals surface area contributed by atoms with Gasteiger partial charge in [-0.2, -0.15) is 0 Å². The fourth-order valence-electron chi connectivity index (χ4n) is 1.41. The molecule has 0 aromatic carbocycles. The minimum atomic E-state index is -0.328. The highest BCUT2D eigenvalue weighted by Crippen LogP contribution is 2.18. The van der Waals surface area contributed by atoms with E-state index in [-0.39, 0.29) is 11.8 Å². The summed E-state index contributed by atoms with van der Waals surface area (Å²) < 4.78 is 0. The van der Waals surface area contributed by atoms with Crippen LogP contribution < -0.4 is 10.6 Å². The number of nitrogens with zero attached hydrogens (tertiary/aromatic N) is 4. The summed E-state index contributed by atoms with van der Waals surface area (Å²) in [5, 5.41) is 13.4. The zero-order chi connectivity index (χ0) is 13.8. The Labute approximate surface area is 114 Å². The van der Waals surface area contributed by atoms with E-state index in [1.807, 2.05) is 13.8 Å². The van der Waals surface area contributed by atoms with Gasteiger partial charge in [-0.15, -0.1) is 10.2 Å². The van der Waals surface area contributed by atoms with Crippen molar-refractivity contribution in [2.75, 3.05) is 17.7 Å². The van der Waals surface area contributed by atoms with E-state index in [2.05, 4.69) is 30.8 Å². The van der Waals surface area contributed by atoms with E-state index < -0.39 is 0 Å². The summed E-state index contributed by atoms with van der Waals surface area (Å²) in [6, 6.07) is 0. The Morgan fingerprint density at radius 1 is 1.42 bits per heavy atom. The van der Waals surface area contributed by atoms with E-state index in [0.717, 1.165) is 0 Å². The maximum atomic E-state index is 12.2. The van der Waals surface area contributed by atoms with Gasteiger partial charge in [0.15, 0.2) is 5.69 Å². The second-order valence-electron chi connectivity index (χ2n) is 4.09. The average Bonchev–Trinajstić information content (AvgIpc) is 2.90. The van der Waals surface area contributed by atoms with Gasteiger partial charge < -0.3 is 5.32 Å². The van der Waals surface area contributed by atoms with Gasteiger partial charge in [-0.1, -0.05) is 25.2 Å². The summed E-state index contributed by atoms with van der Waals surface area (Å²) in [4.78, 5) is 20.7. The Hall–Kier alpha value is -2.09. The average molecular weight is 278 g/mol. The summed E-state index contributed by atoms with van der Waals surface area (Å²) in [7, 11) is 1.72. The maximum Gasteiger partial charge on any atom is 0.278 e. The van der Waals surface area contributed by atoms with Crippen molar-refractivity contribution in [3.8, 4) is 0 Å². The number of rotatable bonds is 4. The molecule has 2 aromatic heterocycles. The minimum Gasteiger partial charge on any atom is -0.385 e. The molecule has 0 aliphatic carbocycles. The van der Waals surface area contributed by atoms with Crippen molar-refractivity contribution in [1.29, 1.82) is 0 Å². The third-order valence-corrected chi connectivity index (χ3v) is 3.00. The lowest BCUT2D eigenvalue weighted by Crippen LogP contribution is -2.17. The van der Waals surface area contributed by atoms with Crippen molar-refractivity contribution in [2.24, 2.45) is 0 Å².